The second kappa shape index (κ2) is 13.6. The van der Waals surface area contributed by atoms with Crippen molar-refractivity contribution in [3.05, 3.63) is 57.0 Å². The molecular weight excluding hydrogens is 561 g/mol. The van der Waals surface area contributed by atoms with Crippen LogP contribution < -0.4 is 14.4 Å². The number of nitrogens with one attached hydrogen (secondary N) is 1. The molecule has 0 aromatic heterocycles. The normalized spacial score (nSPS) is 13.0. The lowest BCUT2D eigenvalue weighted by Gasteiger charge is -2.34. The molecule has 2 aromatic carbocycles. The first-order valence-electron chi connectivity index (χ1n) is 11.7. The first-order valence-corrected chi connectivity index (χ1v) is 14.7. The van der Waals surface area contributed by atoms with E-state index in [0.29, 0.717) is 22.0 Å². The summed E-state index contributed by atoms with van der Waals surface area (Å²) < 4.78 is 31.9. The fourth-order valence-corrected chi connectivity index (χ4v) is 5.20. The van der Waals surface area contributed by atoms with Crippen LogP contribution in [0.3, 0.4) is 0 Å². The van der Waals surface area contributed by atoms with Gasteiger partial charge in [-0.3, -0.25) is 13.9 Å². The number of carbonyl (C=O) groups excluding carboxylic acids is 2. The Labute approximate surface area is 233 Å². The zero-order valence-corrected chi connectivity index (χ0v) is 24.5. The molecule has 1 N–H and O–H groups in total. The average molecular weight is 593 g/mol. The van der Waals surface area contributed by atoms with Crippen molar-refractivity contribution in [3.63, 3.8) is 0 Å². The summed E-state index contributed by atoms with van der Waals surface area (Å²) in [6.45, 7) is 4.85. The predicted molar refractivity (Wildman–Crippen MR) is 149 cm³/mol. The van der Waals surface area contributed by atoms with Gasteiger partial charge in [-0.2, -0.15) is 0 Å². The van der Waals surface area contributed by atoms with Crippen molar-refractivity contribution in [2.45, 2.75) is 52.2 Å². The van der Waals surface area contributed by atoms with Gasteiger partial charge in [0, 0.05) is 33.2 Å². The van der Waals surface area contributed by atoms with Gasteiger partial charge in [0.2, 0.25) is 21.8 Å². The molecule has 0 radical (unpaired) electrons. The quantitative estimate of drug-likeness (QED) is 0.368. The Bertz CT molecular complexity index is 1210. The fourth-order valence-electron chi connectivity index (χ4n) is 3.67. The largest absolute Gasteiger partial charge is 0.495 e. The Morgan fingerprint density at radius 1 is 1.05 bits per heavy atom. The fraction of sp³-hybridized carbons (Fsp3) is 0.440. The molecule has 2 amide bonds. The highest BCUT2D eigenvalue weighted by atomic mass is 35.5. The zero-order chi connectivity index (χ0) is 27.9. The molecule has 0 heterocycles. The number of nitrogens with zero attached hydrogens (tertiary/aromatic N) is 2. The summed E-state index contributed by atoms with van der Waals surface area (Å²) in [5.41, 5.74) is 0.541. The summed E-state index contributed by atoms with van der Waals surface area (Å²) in [4.78, 5) is 28.3. The van der Waals surface area contributed by atoms with Crippen molar-refractivity contribution in [3.8, 4) is 5.75 Å². The van der Waals surface area contributed by atoms with Crippen LogP contribution >= 0.6 is 34.8 Å². The minimum absolute atomic E-state index is 0.0960. The molecule has 0 aliphatic carbocycles. The van der Waals surface area contributed by atoms with E-state index in [-0.39, 0.29) is 41.4 Å². The number of benzene rings is 2. The van der Waals surface area contributed by atoms with Crippen molar-refractivity contribution in [2.24, 2.45) is 0 Å². The van der Waals surface area contributed by atoms with Crippen LogP contribution in [0.25, 0.3) is 0 Å². The highest BCUT2D eigenvalue weighted by Gasteiger charge is 2.33. The predicted octanol–water partition coefficient (Wildman–Crippen LogP) is 5.14. The lowest BCUT2D eigenvalue weighted by Crippen LogP contribution is -2.53. The summed E-state index contributed by atoms with van der Waals surface area (Å²) in [6.07, 6.45) is 1.95. The molecule has 2 aromatic rings. The number of halogens is 3. The Balaban J connectivity index is 2.57. The maximum atomic E-state index is 13.8. The molecule has 204 valence electrons. The molecule has 12 heteroatoms. The number of rotatable bonds is 12. The van der Waals surface area contributed by atoms with E-state index in [0.717, 1.165) is 10.6 Å². The third-order valence-electron chi connectivity index (χ3n) is 5.87. The van der Waals surface area contributed by atoms with Crippen LogP contribution in [0, 0.1) is 0 Å². The lowest BCUT2D eigenvalue weighted by molar-refractivity contribution is -0.140. The van der Waals surface area contributed by atoms with Crippen molar-refractivity contribution >= 4 is 62.3 Å². The standard InChI is InChI=1S/C25H32Cl3N3O5S/c1-6-16(3)29-25(33)21(7-2)30(14-18-19(27)9-8-10-20(18)28)24(32)15-31(37(5,34)35)22-13-17(26)11-12-23(22)36-4/h8-13,16,21H,6-7,14-15H2,1-5H3,(H,29,33)/t16-,21-/m1/s1. The van der Waals surface area contributed by atoms with Gasteiger partial charge in [0.25, 0.3) is 0 Å². The Kier molecular flexibility index (Phi) is 11.4. The van der Waals surface area contributed by atoms with Crippen LogP contribution in [0.1, 0.15) is 39.2 Å². The number of carbonyl (C=O) groups is 2. The van der Waals surface area contributed by atoms with Crippen LogP contribution in [0.15, 0.2) is 36.4 Å². The van der Waals surface area contributed by atoms with Gasteiger partial charge in [-0.05, 0) is 50.1 Å². The van der Waals surface area contributed by atoms with Gasteiger partial charge in [-0.25, -0.2) is 8.42 Å². The molecule has 0 aliphatic heterocycles. The van der Waals surface area contributed by atoms with Gasteiger partial charge in [0.05, 0.1) is 19.1 Å². The van der Waals surface area contributed by atoms with E-state index in [1.54, 1.807) is 31.2 Å². The Hall–Kier alpha value is -2.20. The third kappa shape index (κ3) is 8.14. The van der Waals surface area contributed by atoms with Crippen molar-refractivity contribution in [2.75, 3.05) is 24.2 Å². The summed E-state index contributed by atoms with van der Waals surface area (Å²) in [6, 6.07) is 8.36. The van der Waals surface area contributed by atoms with Crippen LogP contribution in [0.2, 0.25) is 15.1 Å². The topological polar surface area (TPSA) is 96.0 Å². The molecule has 0 bridgehead atoms. The molecule has 2 rings (SSSR count). The molecule has 0 saturated heterocycles. The van der Waals surface area contributed by atoms with Crippen molar-refractivity contribution < 1.29 is 22.7 Å². The number of sulfonamides is 1. The van der Waals surface area contributed by atoms with E-state index >= 15 is 0 Å². The van der Waals surface area contributed by atoms with Gasteiger partial charge < -0.3 is 15.0 Å². The SMILES string of the molecule is CC[C@@H](C)NC(=O)[C@@H](CC)N(Cc1c(Cl)cccc1Cl)C(=O)CN(c1cc(Cl)ccc1OC)S(C)(=O)=O. The van der Waals surface area contributed by atoms with E-state index in [1.807, 2.05) is 13.8 Å². The van der Waals surface area contributed by atoms with Crippen LogP contribution in [0.4, 0.5) is 5.69 Å². The molecule has 37 heavy (non-hydrogen) atoms. The Morgan fingerprint density at radius 3 is 2.19 bits per heavy atom. The Morgan fingerprint density at radius 2 is 1.68 bits per heavy atom. The number of anilines is 1. The zero-order valence-electron chi connectivity index (χ0n) is 21.4. The van der Waals surface area contributed by atoms with E-state index < -0.39 is 28.5 Å². The van der Waals surface area contributed by atoms with Gasteiger partial charge in [0.15, 0.2) is 0 Å². The molecule has 0 fully saturated rings. The minimum Gasteiger partial charge on any atom is -0.495 e. The van der Waals surface area contributed by atoms with E-state index in [9.17, 15) is 18.0 Å². The maximum absolute atomic E-state index is 13.8. The van der Waals surface area contributed by atoms with Gasteiger partial charge in [-0.1, -0.05) is 54.7 Å². The monoisotopic (exact) mass is 591 g/mol. The smallest absolute Gasteiger partial charge is 0.244 e. The summed E-state index contributed by atoms with van der Waals surface area (Å²) in [5.74, 6) is -0.779. The summed E-state index contributed by atoms with van der Waals surface area (Å²) >= 11 is 18.9. The number of methoxy groups -OCH3 is 1. The van der Waals surface area contributed by atoms with Crippen LogP contribution in [-0.2, 0) is 26.2 Å². The first kappa shape index (κ1) is 31.0. The van der Waals surface area contributed by atoms with Crippen molar-refractivity contribution in [1.82, 2.24) is 10.2 Å². The molecule has 0 saturated carbocycles. The number of hydrogen-bond acceptors (Lipinski definition) is 5. The van der Waals surface area contributed by atoms with Crippen LogP contribution in [-0.4, -0.2) is 57.1 Å². The van der Waals surface area contributed by atoms with Gasteiger partial charge in [0.1, 0.15) is 18.3 Å². The van der Waals surface area contributed by atoms with E-state index in [2.05, 4.69) is 5.32 Å². The van der Waals surface area contributed by atoms with E-state index in [1.165, 1.54) is 24.1 Å². The molecule has 0 aliphatic rings. The van der Waals surface area contributed by atoms with Crippen LogP contribution in [0.5, 0.6) is 5.75 Å². The summed E-state index contributed by atoms with van der Waals surface area (Å²) in [7, 11) is -2.58. The van der Waals surface area contributed by atoms with Crippen molar-refractivity contribution in [1.29, 1.82) is 0 Å². The first-order chi connectivity index (χ1) is 17.3. The molecule has 8 nitrogen and oxygen atoms in total. The van der Waals surface area contributed by atoms with Gasteiger partial charge in [-0.15, -0.1) is 0 Å². The highest BCUT2D eigenvalue weighted by Crippen LogP contribution is 2.33. The average Bonchev–Trinajstić information content (AvgIpc) is 2.83. The van der Waals surface area contributed by atoms with Gasteiger partial charge >= 0.3 is 0 Å². The number of amides is 2. The lowest BCUT2D eigenvalue weighted by atomic mass is 10.1. The number of ether oxygens (including phenoxy) is 1. The minimum atomic E-state index is -3.97. The maximum Gasteiger partial charge on any atom is 0.244 e. The second-order valence-electron chi connectivity index (χ2n) is 8.55. The second-order valence-corrected chi connectivity index (χ2v) is 11.7. The highest BCUT2D eigenvalue weighted by molar-refractivity contribution is 7.92. The molecule has 0 unspecified atom stereocenters. The molecular formula is C25H32Cl3N3O5S. The third-order valence-corrected chi connectivity index (χ3v) is 7.94. The number of hydrogen-bond donors (Lipinski definition) is 1. The molecule has 0 spiro atoms. The van der Waals surface area contributed by atoms with E-state index in [4.69, 9.17) is 39.5 Å². The molecule has 2 atom stereocenters. The summed E-state index contributed by atoms with van der Waals surface area (Å²) in [5, 5.41) is 3.80.